The lowest BCUT2D eigenvalue weighted by molar-refractivity contribution is -0.137. The van der Waals surface area contributed by atoms with Crippen molar-refractivity contribution in [3.63, 3.8) is 0 Å². The molecule has 1 saturated heterocycles. The summed E-state index contributed by atoms with van der Waals surface area (Å²) < 4.78 is 52.7. The molecule has 1 spiro atoms. The van der Waals surface area contributed by atoms with Crippen LogP contribution in [-0.4, -0.2) is 46.7 Å². The molecule has 3 aromatic rings. The molecule has 4 unspecified atom stereocenters. The second-order valence-corrected chi connectivity index (χ2v) is 14.3. The zero-order valence-corrected chi connectivity index (χ0v) is 28.2. The third-order valence-corrected chi connectivity index (χ3v) is 11.1. The van der Waals surface area contributed by atoms with Gasteiger partial charge in [-0.2, -0.15) is 13.2 Å². The van der Waals surface area contributed by atoms with Crippen molar-refractivity contribution in [3.8, 4) is 11.3 Å². The van der Waals surface area contributed by atoms with Crippen molar-refractivity contribution in [1.82, 2.24) is 4.90 Å². The molecular weight excluding hydrogens is 643 g/mol. The zero-order chi connectivity index (χ0) is 34.4. The zero-order valence-electron chi connectivity index (χ0n) is 27.5. The van der Waals surface area contributed by atoms with Gasteiger partial charge >= 0.3 is 12.3 Å². The minimum Gasteiger partial charge on any atom is -0.453 e. The average Bonchev–Trinajstić information content (AvgIpc) is 3.72. The molecular formula is C38H41ClF3NO5. The van der Waals surface area contributed by atoms with E-state index in [-0.39, 0.29) is 34.1 Å². The fourth-order valence-electron chi connectivity index (χ4n) is 8.05. The number of allylic oxidation sites excluding steroid dienone is 2. The minimum absolute atomic E-state index is 0.0328. The van der Waals surface area contributed by atoms with Gasteiger partial charge in [0.05, 0.1) is 23.2 Å². The van der Waals surface area contributed by atoms with Crippen LogP contribution in [-0.2, 0) is 17.3 Å². The number of ether oxygens (including phenoxy) is 1. The number of fused-ring (bicyclic) bond motifs is 8. The Morgan fingerprint density at radius 3 is 2.65 bits per heavy atom. The molecule has 2 bridgehead atoms. The Kier molecular flexibility index (Phi) is 9.33. The third-order valence-electron chi connectivity index (χ3n) is 10.8. The summed E-state index contributed by atoms with van der Waals surface area (Å²) in [6.45, 7) is 7.38. The number of rotatable bonds is 5. The summed E-state index contributed by atoms with van der Waals surface area (Å²) in [5.41, 5.74) is 1.11. The molecule has 2 fully saturated rings. The van der Waals surface area contributed by atoms with Crippen LogP contribution in [0.3, 0.4) is 0 Å². The summed E-state index contributed by atoms with van der Waals surface area (Å²) in [6, 6.07) is 11.6. The number of carbonyl (C=O) groups is 2. The number of carbonyl (C=O) groups excluding carboxylic acids is 2. The average molecular weight is 684 g/mol. The fourth-order valence-corrected chi connectivity index (χ4v) is 8.26. The monoisotopic (exact) mass is 683 g/mol. The molecule has 10 heteroatoms. The third kappa shape index (κ3) is 6.31. The van der Waals surface area contributed by atoms with Crippen LogP contribution < -0.4 is 0 Å². The van der Waals surface area contributed by atoms with E-state index in [1.807, 2.05) is 25.1 Å². The van der Waals surface area contributed by atoms with Crippen LogP contribution in [0.25, 0.3) is 11.3 Å². The summed E-state index contributed by atoms with van der Waals surface area (Å²) in [5, 5.41) is 11.0. The number of halogens is 4. The Balaban J connectivity index is 1.43. The highest BCUT2D eigenvalue weighted by Crippen LogP contribution is 2.61. The molecule has 1 saturated carbocycles. The lowest BCUT2D eigenvalue weighted by Gasteiger charge is -2.43. The maximum atomic E-state index is 14.4. The number of hydrogen-bond acceptors (Lipinski definition) is 5. The van der Waals surface area contributed by atoms with Crippen LogP contribution in [0, 0.1) is 5.41 Å². The van der Waals surface area contributed by atoms with E-state index in [9.17, 15) is 27.9 Å². The van der Waals surface area contributed by atoms with Gasteiger partial charge in [0.15, 0.2) is 5.76 Å². The normalized spacial score (nSPS) is 26.4. The smallest absolute Gasteiger partial charge is 0.416 e. The van der Waals surface area contributed by atoms with Crippen LogP contribution >= 0.6 is 11.6 Å². The number of nitrogens with zero attached hydrogens (tertiary/aromatic N) is 1. The molecule has 2 aromatic carbocycles. The molecule has 1 aliphatic heterocycles. The van der Waals surface area contributed by atoms with Crippen LogP contribution in [0.15, 0.2) is 64.6 Å². The molecule has 48 heavy (non-hydrogen) atoms. The van der Waals surface area contributed by atoms with Crippen molar-refractivity contribution >= 4 is 23.5 Å². The summed E-state index contributed by atoms with van der Waals surface area (Å²) in [4.78, 5) is 29.3. The number of ketones is 1. The van der Waals surface area contributed by atoms with Crippen LogP contribution in [0.4, 0.5) is 18.0 Å². The summed E-state index contributed by atoms with van der Waals surface area (Å²) >= 11 is 6.29. The van der Waals surface area contributed by atoms with Crippen LogP contribution in [0.5, 0.6) is 0 Å². The SMILES string of the molecule is CCCN1CC2(CCC3c4ccc(cc4C(=O)c4ccc(-c5cc(C(F)(F)F)ccc5Cl)o4)CC(O)CCC(C)=CCCC32C)OC1=O. The van der Waals surface area contributed by atoms with E-state index in [0.29, 0.717) is 44.3 Å². The highest BCUT2D eigenvalue weighted by Gasteiger charge is 2.63. The van der Waals surface area contributed by atoms with E-state index in [4.69, 9.17) is 20.8 Å². The second-order valence-electron chi connectivity index (χ2n) is 13.9. The molecule has 1 amide bonds. The van der Waals surface area contributed by atoms with Gasteiger partial charge in [-0.25, -0.2) is 4.79 Å². The van der Waals surface area contributed by atoms with E-state index in [1.165, 1.54) is 17.7 Å². The van der Waals surface area contributed by atoms with E-state index >= 15 is 0 Å². The van der Waals surface area contributed by atoms with Gasteiger partial charge in [0.1, 0.15) is 11.4 Å². The maximum absolute atomic E-state index is 14.4. The predicted octanol–water partition coefficient (Wildman–Crippen LogP) is 9.76. The van der Waals surface area contributed by atoms with Gasteiger partial charge in [-0.05, 0) is 112 Å². The highest BCUT2D eigenvalue weighted by molar-refractivity contribution is 6.33. The first-order valence-corrected chi connectivity index (χ1v) is 17.1. The lowest BCUT2D eigenvalue weighted by atomic mass is 9.65. The van der Waals surface area contributed by atoms with Crippen molar-refractivity contribution < 1.29 is 37.0 Å². The van der Waals surface area contributed by atoms with E-state index in [1.54, 1.807) is 4.90 Å². The van der Waals surface area contributed by atoms with Gasteiger partial charge < -0.3 is 19.2 Å². The van der Waals surface area contributed by atoms with E-state index < -0.39 is 34.6 Å². The Bertz CT molecular complexity index is 1750. The molecule has 7 rings (SSSR count). The van der Waals surface area contributed by atoms with Gasteiger partial charge in [-0.1, -0.05) is 49.2 Å². The van der Waals surface area contributed by atoms with Gasteiger partial charge in [-0.15, -0.1) is 0 Å². The van der Waals surface area contributed by atoms with E-state index in [0.717, 1.165) is 55.0 Å². The topological polar surface area (TPSA) is 80.0 Å². The van der Waals surface area contributed by atoms with Crippen molar-refractivity contribution in [2.24, 2.45) is 5.41 Å². The van der Waals surface area contributed by atoms with Crippen molar-refractivity contribution in [2.45, 2.75) is 95.9 Å². The van der Waals surface area contributed by atoms with Gasteiger partial charge in [0.25, 0.3) is 0 Å². The second kappa shape index (κ2) is 13.0. The summed E-state index contributed by atoms with van der Waals surface area (Å²) in [7, 11) is 0. The number of hydrogen-bond donors (Lipinski definition) is 1. The summed E-state index contributed by atoms with van der Waals surface area (Å²) in [5.74, 6) is -0.551. The number of furan rings is 1. The Morgan fingerprint density at radius 1 is 1.10 bits per heavy atom. The first-order valence-electron chi connectivity index (χ1n) is 16.7. The molecule has 0 radical (unpaired) electrons. The maximum Gasteiger partial charge on any atom is 0.416 e. The Hall–Kier alpha value is -3.56. The molecule has 1 N–H and O–H groups in total. The van der Waals surface area contributed by atoms with Crippen LogP contribution in [0.2, 0.25) is 5.02 Å². The Morgan fingerprint density at radius 2 is 1.90 bits per heavy atom. The number of benzene rings is 2. The van der Waals surface area contributed by atoms with Gasteiger partial charge in [0, 0.05) is 23.1 Å². The largest absolute Gasteiger partial charge is 0.453 e. The number of alkyl halides is 3. The summed E-state index contributed by atoms with van der Waals surface area (Å²) in [6.07, 6.45) is 2.02. The molecule has 4 atom stereocenters. The molecule has 4 aliphatic rings. The first kappa shape index (κ1) is 34.3. The number of amides is 1. The predicted molar refractivity (Wildman–Crippen MR) is 177 cm³/mol. The molecule has 6 nitrogen and oxygen atoms in total. The molecule has 3 aliphatic carbocycles. The first-order chi connectivity index (χ1) is 22.7. The number of aliphatic hydroxyl groups excluding tert-OH is 1. The molecule has 2 heterocycles. The molecule has 1 aromatic heterocycles. The standard InChI is InChI=1S/C38H41ClF3NO5/c1-4-18-43-22-37(48-35(43)46)17-15-30-27-11-8-24(19-26(44)10-7-23(2)6-5-16-36(30,37)3)20-28(27)34(45)33-14-13-32(47-33)29-21-25(38(40,41)42)9-12-31(29)39/h6,8-9,11-14,20-21,26,30,44H,4-5,7,10,15-19,22H2,1-3H3. The highest BCUT2D eigenvalue weighted by atomic mass is 35.5. The fraction of sp³-hybridized carbons (Fsp3) is 0.474. The van der Waals surface area contributed by atoms with Crippen molar-refractivity contribution in [2.75, 3.05) is 13.1 Å². The molecule has 256 valence electrons. The number of aliphatic hydroxyl groups is 1. The quantitative estimate of drug-likeness (QED) is 0.214. The van der Waals surface area contributed by atoms with Crippen molar-refractivity contribution in [1.29, 1.82) is 0 Å². The Labute approximate surface area is 283 Å². The van der Waals surface area contributed by atoms with Gasteiger partial charge in [0.2, 0.25) is 5.78 Å². The van der Waals surface area contributed by atoms with Crippen molar-refractivity contribution in [3.05, 3.63) is 93.2 Å². The van der Waals surface area contributed by atoms with E-state index in [2.05, 4.69) is 19.9 Å². The van der Waals surface area contributed by atoms with Crippen LogP contribution in [0.1, 0.15) is 104 Å². The van der Waals surface area contributed by atoms with Gasteiger partial charge in [-0.3, -0.25) is 4.79 Å². The minimum atomic E-state index is -4.58. The lowest BCUT2D eigenvalue weighted by Crippen LogP contribution is -2.48.